The first-order valence-electron chi connectivity index (χ1n) is 5.92. The molecule has 1 fully saturated rings. The zero-order chi connectivity index (χ0) is 12.0. The highest BCUT2D eigenvalue weighted by molar-refractivity contribution is 5.60. The number of nitrogens with zero attached hydrogens (tertiary/aromatic N) is 1. The Morgan fingerprint density at radius 2 is 2.31 bits per heavy atom. The molecule has 0 aromatic rings. The van der Waals surface area contributed by atoms with Crippen LogP contribution in [0.5, 0.6) is 0 Å². The van der Waals surface area contributed by atoms with Gasteiger partial charge in [0.15, 0.2) is 0 Å². The van der Waals surface area contributed by atoms with Gasteiger partial charge >= 0.3 is 0 Å². The van der Waals surface area contributed by atoms with Gasteiger partial charge in [0.25, 0.3) is 0 Å². The molecular weight excluding hydrogens is 206 g/mol. The molecule has 0 spiro atoms. The van der Waals surface area contributed by atoms with Crippen molar-refractivity contribution >= 4 is 6.29 Å². The fourth-order valence-electron chi connectivity index (χ4n) is 1.94. The Hall–Kier alpha value is -0.450. The van der Waals surface area contributed by atoms with E-state index in [2.05, 4.69) is 4.90 Å². The molecule has 0 N–H and O–H groups in total. The minimum absolute atomic E-state index is 0.267. The van der Waals surface area contributed by atoms with E-state index < -0.39 is 0 Å². The van der Waals surface area contributed by atoms with Crippen LogP contribution in [-0.4, -0.2) is 57.2 Å². The number of aldehydes is 1. The summed E-state index contributed by atoms with van der Waals surface area (Å²) in [6.07, 6.45) is 2.16. The van der Waals surface area contributed by atoms with Crippen LogP contribution in [0.1, 0.15) is 20.3 Å². The maximum Gasteiger partial charge on any atom is 0.129 e. The van der Waals surface area contributed by atoms with Crippen molar-refractivity contribution in [1.29, 1.82) is 0 Å². The fraction of sp³-hybridized carbons (Fsp3) is 0.917. The second-order valence-corrected chi connectivity index (χ2v) is 4.94. The predicted molar refractivity (Wildman–Crippen MR) is 62.5 cm³/mol. The van der Waals surface area contributed by atoms with E-state index >= 15 is 0 Å². The first-order valence-corrected chi connectivity index (χ1v) is 5.92. The van der Waals surface area contributed by atoms with Gasteiger partial charge in [0.1, 0.15) is 6.29 Å². The second-order valence-electron chi connectivity index (χ2n) is 4.94. The van der Waals surface area contributed by atoms with Crippen LogP contribution in [0.15, 0.2) is 0 Å². The topological polar surface area (TPSA) is 38.8 Å². The van der Waals surface area contributed by atoms with Gasteiger partial charge in [0.05, 0.1) is 24.7 Å². The van der Waals surface area contributed by atoms with Crippen LogP contribution >= 0.6 is 0 Å². The van der Waals surface area contributed by atoms with Crippen molar-refractivity contribution in [1.82, 2.24) is 4.90 Å². The van der Waals surface area contributed by atoms with Crippen molar-refractivity contribution in [3.63, 3.8) is 0 Å². The predicted octanol–water partition coefficient (Wildman–Crippen LogP) is 0.949. The van der Waals surface area contributed by atoms with Gasteiger partial charge < -0.3 is 19.2 Å². The van der Waals surface area contributed by atoms with E-state index in [-0.39, 0.29) is 11.5 Å². The highest BCUT2D eigenvalue weighted by atomic mass is 16.5. The molecule has 1 unspecified atom stereocenters. The molecule has 1 atom stereocenters. The Morgan fingerprint density at radius 1 is 1.56 bits per heavy atom. The molecule has 0 aliphatic carbocycles. The summed E-state index contributed by atoms with van der Waals surface area (Å²) < 4.78 is 10.8. The van der Waals surface area contributed by atoms with E-state index in [1.807, 2.05) is 20.9 Å². The summed E-state index contributed by atoms with van der Waals surface area (Å²) >= 11 is 0. The minimum Gasteiger partial charge on any atom is -0.380 e. The molecule has 0 saturated carbocycles. The standard InChI is InChI=1S/C12H23NO3/c1-11(2)16-7-5-13(3)8-12(9-14)4-6-15-10-12/h9,11H,4-8,10H2,1-3H3. The summed E-state index contributed by atoms with van der Waals surface area (Å²) in [5.41, 5.74) is -0.285. The summed E-state index contributed by atoms with van der Waals surface area (Å²) in [5, 5.41) is 0. The van der Waals surface area contributed by atoms with Gasteiger partial charge in [-0.05, 0) is 27.3 Å². The maximum atomic E-state index is 11.1. The summed E-state index contributed by atoms with van der Waals surface area (Å²) in [6.45, 7) is 7.64. The van der Waals surface area contributed by atoms with Crippen molar-refractivity contribution in [2.45, 2.75) is 26.4 Å². The third-order valence-corrected chi connectivity index (χ3v) is 2.89. The quantitative estimate of drug-likeness (QED) is 0.609. The molecular formula is C12H23NO3. The van der Waals surface area contributed by atoms with Gasteiger partial charge in [0.2, 0.25) is 0 Å². The van der Waals surface area contributed by atoms with E-state index in [0.717, 1.165) is 25.8 Å². The smallest absolute Gasteiger partial charge is 0.129 e. The van der Waals surface area contributed by atoms with Gasteiger partial charge in [-0.3, -0.25) is 0 Å². The first kappa shape index (κ1) is 13.6. The third kappa shape index (κ3) is 4.20. The Morgan fingerprint density at radius 3 is 2.81 bits per heavy atom. The molecule has 0 amide bonds. The summed E-state index contributed by atoms with van der Waals surface area (Å²) in [5.74, 6) is 0. The minimum atomic E-state index is -0.285. The normalized spacial score (nSPS) is 25.6. The molecule has 4 heteroatoms. The van der Waals surface area contributed by atoms with Crippen LogP contribution in [-0.2, 0) is 14.3 Å². The van der Waals surface area contributed by atoms with Gasteiger partial charge in [0, 0.05) is 19.7 Å². The number of carbonyl (C=O) groups excluding carboxylic acids is 1. The average Bonchev–Trinajstić information content (AvgIpc) is 2.66. The second kappa shape index (κ2) is 6.33. The number of hydrogen-bond donors (Lipinski definition) is 0. The molecule has 94 valence electrons. The fourth-order valence-corrected chi connectivity index (χ4v) is 1.94. The molecule has 16 heavy (non-hydrogen) atoms. The first-order chi connectivity index (χ1) is 7.58. The van der Waals surface area contributed by atoms with E-state index in [9.17, 15) is 4.79 Å². The number of hydrogen-bond acceptors (Lipinski definition) is 4. The highest BCUT2D eigenvalue weighted by Gasteiger charge is 2.35. The molecule has 0 aromatic heterocycles. The lowest BCUT2D eigenvalue weighted by Crippen LogP contribution is -2.39. The van der Waals surface area contributed by atoms with E-state index in [4.69, 9.17) is 9.47 Å². The molecule has 0 bridgehead atoms. The number of ether oxygens (including phenoxy) is 2. The van der Waals surface area contributed by atoms with E-state index in [1.54, 1.807) is 0 Å². The summed E-state index contributed by atoms with van der Waals surface area (Å²) in [6, 6.07) is 0. The molecule has 1 aliphatic heterocycles. The van der Waals surface area contributed by atoms with Crippen molar-refractivity contribution < 1.29 is 14.3 Å². The van der Waals surface area contributed by atoms with Crippen molar-refractivity contribution in [3.8, 4) is 0 Å². The van der Waals surface area contributed by atoms with Crippen LogP contribution in [0.4, 0.5) is 0 Å². The summed E-state index contributed by atoms with van der Waals surface area (Å²) in [4.78, 5) is 13.3. The van der Waals surface area contributed by atoms with Crippen LogP contribution in [0, 0.1) is 5.41 Å². The number of rotatable bonds is 7. The molecule has 1 rings (SSSR count). The number of carbonyl (C=O) groups is 1. The Labute approximate surface area is 97.9 Å². The molecule has 4 nitrogen and oxygen atoms in total. The molecule has 0 radical (unpaired) electrons. The van der Waals surface area contributed by atoms with Crippen LogP contribution < -0.4 is 0 Å². The molecule has 0 aromatic carbocycles. The van der Waals surface area contributed by atoms with Crippen molar-refractivity contribution in [2.75, 3.05) is 40.0 Å². The lowest BCUT2D eigenvalue weighted by molar-refractivity contribution is -0.117. The Balaban J connectivity index is 2.26. The van der Waals surface area contributed by atoms with Gasteiger partial charge in [-0.1, -0.05) is 0 Å². The monoisotopic (exact) mass is 229 g/mol. The Bertz CT molecular complexity index is 212. The van der Waals surface area contributed by atoms with Crippen molar-refractivity contribution in [2.24, 2.45) is 5.41 Å². The highest BCUT2D eigenvalue weighted by Crippen LogP contribution is 2.26. The molecule has 1 aliphatic rings. The van der Waals surface area contributed by atoms with Gasteiger partial charge in [-0.25, -0.2) is 0 Å². The van der Waals surface area contributed by atoms with E-state index in [1.165, 1.54) is 0 Å². The molecule has 1 heterocycles. The van der Waals surface area contributed by atoms with Gasteiger partial charge in [-0.2, -0.15) is 0 Å². The zero-order valence-electron chi connectivity index (χ0n) is 10.6. The average molecular weight is 229 g/mol. The van der Waals surface area contributed by atoms with Crippen LogP contribution in [0.3, 0.4) is 0 Å². The lowest BCUT2D eigenvalue weighted by atomic mass is 9.89. The van der Waals surface area contributed by atoms with Crippen molar-refractivity contribution in [3.05, 3.63) is 0 Å². The van der Waals surface area contributed by atoms with Crippen LogP contribution in [0.2, 0.25) is 0 Å². The number of likely N-dealkylation sites (N-methyl/N-ethyl adjacent to an activating group) is 1. The SMILES string of the molecule is CC(C)OCCN(C)CC1(C=O)CCOC1. The van der Waals surface area contributed by atoms with Crippen LogP contribution in [0.25, 0.3) is 0 Å². The lowest BCUT2D eigenvalue weighted by Gasteiger charge is -2.27. The summed E-state index contributed by atoms with van der Waals surface area (Å²) in [7, 11) is 2.02. The zero-order valence-corrected chi connectivity index (χ0v) is 10.6. The largest absolute Gasteiger partial charge is 0.380 e. The third-order valence-electron chi connectivity index (χ3n) is 2.89. The maximum absolute atomic E-state index is 11.1. The van der Waals surface area contributed by atoms with Gasteiger partial charge in [-0.15, -0.1) is 0 Å². The van der Waals surface area contributed by atoms with E-state index in [0.29, 0.717) is 19.8 Å². The Kier molecular flexibility index (Phi) is 5.38. The molecule has 1 saturated heterocycles.